The van der Waals surface area contributed by atoms with Crippen LogP contribution in [0.4, 0.5) is 17.1 Å². The summed E-state index contributed by atoms with van der Waals surface area (Å²) in [5.74, 6) is 2.12. The van der Waals surface area contributed by atoms with E-state index in [9.17, 15) is 0 Å². The maximum atomic E-state index is 6.35. The molecule has 67 heavy (non-hydrogen) atoms. The van der Waals surface area contributed by atoms with Gasteiger partial charge in [0.05, 0.1) is 11.1 Å². The van der Waals surface area contributed by atoms with Crippen LogP contribution in [0.15, 0.2) is 229 Å². The van der Waals surface area contributed by atoms with E-state index in [0.717, 1.165) is 62.0 Å². The van der Waals surface area contributed by atoms with Gasteiger partial charge in [0.2, 0.25) is 0 Å². The standard InChI is InChI=1S/C65H53NO/c1-64(51-40-44-29-30-45(39-44)41-51)57-25-13-14-26-58(57)65(49-19-7-3-8-20-49,50-21-9-4-10-22-50)59-38-36-53(43-60(59)64)66(61-27-15-11-23-54(61)47-17-5-2-6-18-47)52-34-31-46(32-35-52)48-33-37-56-55-24-12-16-28-62(55)67-63(56)42-48/h2-28,31-38,42-45,51H,29-30,39-41H2,1H3/t44-,45+,51+,64-/m0/s1. The van der Waals surface area contributed by atoms with Crippen LogP contribution in [0.3, 0.4) is 0 Å². The molecule has 1 heterocycles. The minimum atomic E-state index is -0.518. The second-order valence-electron chi connectivity index (χ2n) is 19.7. The Balaban J connectivity index is 1.05. The van der Waals surface area contributed by atoms with Gasteiger partial charge in [-0.15, -0.1) is 0 Å². The van der Waals surface area contributed by atoms with Gasteiger partial charge in [-0.05, 0) is 136 Å². The van der Waals surface area contributed by atoms with Gasteiger partial charge in [0.15, 0.2) is 0 Å². The van der Waals surface area contributed by atoms with Crippen molar-refractivity contribution in [2.75, 3.05) is 4.90 Å². The third kappa shape index (κ3) is 6.30. The van der Waals surface area contributed by atoms with E-state index >= 15 is 0 Å². The first kappa shape index (κ1) is 39.9. The predicted molar refractivity (Wildman–Crippen MR) is 278 cm³/mol. The van der Waals surface area contributed by atoms with Crippen LogP contribution in [-0.2, 0) is 10.8 Å². The molecule has 9 aromatic carbocycles. The molecule has 3 aliphatic carbocycles. The molecule has 2 bridgehead atoms. The van der Waals surface area contributed by atoms with Crippen molar-refractivity contribution < 1.29 is 4.42 Å². The van der Waals surface area contributed by atoms with Crippen molar-refractivity contribution in [1.82, 2.24) is 0 Å². The molecular formula is C65H53NO. The Morgan fingerprint density at radius 2 is 0.985 bits per heavy atom. The molecule has 2 fully saturated rings. The Bertz CT molecular complexity index is 3370. The van der Waals surface area contributed by atoms with Gasteiger partial charge in [-0.25, -0.2) is 0 Å². The summed E-state index contributed by atoms with van der Waals surface area (Å²) in [6.45, 7) is 2.62. The number of hydrogen-bond acceptors (Lipinski definition) is 2. The summed E-state index contributed by atoms with van der Waals surface area (Å²) >= 11 is 0. The molecule has 1 aromatic heterocycles. The number of nitrogens with zero attached hydrogens (tertiary/aromatic N) is 1. The summed E-state index contributed by atoms with van der Waals surface area (Å²) in [6.07, 6.45) is 6.68. The highest BCUT2D eigenvalue weighted by Crippen LogP contribution is 2.62. The van der Waals surface area contributed by atoms with Crippen molar-refractivity contribution in [1.29, 1.82) is 0 Å². The number of benzene rings is 9. The van der Waals surface area contributed by atoms with E-state index in [1.54, 1.807) is 0 Å². The van der Waals surface area contributed by atoms with Gasteiger partial charge in [-0.1, -0.05) is 196 Å². The van der Waals surface area contributed by atoms with Crippen molar-refractivity contribution in [3.8, 4) is 22.3 Å². The van der Waals surface area contributed by atoms with Crippen LogP contribution in [0.1, 0.15) is 72.4 Å². The molecule has 2 nitrogen and oxygen atoms in total. The van der Waals surface area contributed by atoms with Crippen molar-refractivity contribution in [3.05, 3.63) is 258 Å². The van der Waals surface area contributed by atoms with E-state index in [1.165, 1.54) is 76.6 Å². The van der Waals surface area contributed by atoms with Gasteiger partial charge in [0, 0.05) is 33.1 Å². The van der Waals surface area contributed by atoms with Crippen LogP contribution >= 0.6 is 0 Å². The number of rotatable bonds is 8. The average molecular weight is 864 g/mol. The van der Waals surface area contributed by atoms with E-state index in [-0.39, 0.29) is 5.41 Å². The fraction of sp³-hybridized carbons (Fsp3) is 0.169. The van der Waals surface area contributed by atoms with Crippen molar-refractivity contribution in [2.45, 2.75) is 49.9 Å². The maximum Gasteiger partial charge on any atom is 0.136 e. The number of furan rings is 1. The molecular weight excluding hydrogens is 811 g/mol. The van der Waals surface area contributed by atoms with Crippen molar-refractivity contribution in [2.24, 2.45) is 17.8 Å². The summed E-state index contributed by atoms with van der Waals surface area (Å²) in [5, 5.41) is 2.29. The minimum Gasteiger partial charge on any atom is -0.456 e. The summed E-state index contributed by atoms with van der Waals surface area (Å²) < 4.78 is 6.35. The fourth-order valence-corrected chi connectivity index (χ4v) is 13.2. The summed E-state index contributed by atoms with van der Waals surface area (Å²) in [5.41, 5.74) is 17.5. The monoisotopic (exact) mass is 863 g/mol. The van der Waals surface area contributed by atoms with E-state index in [2.05, 4.69) is 230 Å². The highest BCUT2D eigenvalue weighted by molar-refractivity contribution is 6.06. The molecule has 0 unspecified atom stereocenters. The number of hydrogen-bond donors (Lipinski definition) is 0. The minimum absolute atomic E-state index is 0.222. The molecule has 13 rings (SSSR count). The molecule has 3 aliphatic rings. The van der Waals surface area contributed by atoms with Gasteiger partial charge in [-0.2, -0.15) is 0 Å². The normalized spacial score (nSPS) is 20.3. The highest BCUT2D eigenvalue weighted by atomic mass is 16.3. The first-order valence-corrected chi connectivity index (χ1v) is 24.4. The van der Waals surface area contributed by atoms with Crippen LogP contribution in [0.25, 0.3) is 44.2 Å². The molecule has 0 amide bonds. The molecule has 0 radical (unpaired) electrons. The first-order chi connectivity index (χ1) is 33.1. The zero-order chi connectivity index (χ0) is 44.5. The van der Waals surface area contributed by atoms with Crippen LogP contribution in [-0.4, -0.2) is 0 Å². The Morgan fingerprint density at radius 3 is 1.72 bits per heavy atom. The zero-order valence-corrected chi connectivity index (χ0v) is 38.0. The number of fused-ring (bicyclic) bond motifs is 7. The SMILES string of the molecule is C[C@]1([C@H]2C[C@@H]3CC[C@@H](C3)C2)c2ccccc2C(c2ccccc2)(c2ccccc2)c2ccc(N(c3ccc(-c4ccc5c(c4)oc4ccccc45)cc3)c3ccccc3-c3ccccc3)cc21. The molecule has 324 valence electrons. The largest absolute Gasteiger partial charge is 0.456 e. The topological polar surface area (TPSA) is 16.4 Å². The summed E-state index contributed by atoms with van der Waals surface area (Å²) in [7, 11) is 0. The quantitative estimate of drug-likeness (QED) is 0.151. The maximum absolute atomic E-state index is 6.35. The van der Waals surface area contributed by atoms with Gasteiger partial charge >= 0.3 is 0 Å². The van der Waals surface area contributed by atoms with Gasteiger partial charge < -0.3 is 9.32 Å². The van der Waals surface area contributed by atoms with Crippen LogP contribution in [0.5, 0.6) is 0 Å². The third-order valence-corrected chi connectivity index (χ3v) is 16.3. The van der Waals surface area contributed by atoms with E-state index < -0.39 is 5.41 Å². The van der Waals surface area contributed by atoms with E-state index in [0.29, 0.717) is 5.92 Å². The van der Waals surface area contributed by atoms with Crippen molar-refractivity contribution in [3.63, 3.8) is 0 Å². The molecule has 10 aromatic rings. The van der Waals surface area contributed by atoms with Gasteiger partial charge in [-0.3, -0.25) is 0 Å². The second kappa shape index (κ2) is 15.9. The number of anilines is 3. The fourth-order valence-electron chi connectivity index (χ4n) is 13.2. The Labute approximate surface area is 394 Å². The first-order valence-electron chi connectivity index (χ1n) is 24.4. The molecule has 4 atom stereocenters. The lowest BCUT2D eigenvalue weighted by atomic mass is 9.49. The second-order valence-corrected chi connectivity index (χ2v) is 19.7. The summed E-state index contributed by atoms with van der Waals surface area (Å²) in [4.78, 5) is 2.52. The molecule has 0 aliphatic heterocycles. The Kier molecular flexibility index (Phi) is 9.46. The van der Waals surface area contributed by atoms with Gasteiger partial charge in [0.25, 0.3) is 0 Å². The average Bonchev–Trinajstić information content (AvgIpc) is 3.95. The third-order valence-electron chi connectivity index (χ3n) is 16.3. The lowest BCUT2D eigenvalue weighted by Gasteiger charge is -2.53. The zero-order valence-electron chi connectivity index (χ0n) is 38.0. The molecule has 2 saturated carbocycles. The molecule has 0 N–H and O–H groups in total. The molecule has 0 spiro atoms. The summed E-state index contributed by atoms with van der Waals surface area (Å²) in [6, 6.07) is 83.7. The molecule has 0 saturated heterocycles. The lowest BCUT2D eigenvalue weighted by molar-refractivity contribution is 0.187. The Morgan fingerprint density at radius 1 is 0.418 bits per heavy atom. The Hall–Kier alpha value is -7.42. The van der Waals surface area contributed by atoms with Crippen LogP contribution in [0, 0.1) is 17.8 Å². The van der Waals surface area contributed by atoms with E-state index in [4.69, 9.17) is 4.42 Å². The highest BCUT2D eigenvalue weighted by Gasteiger charge is 2.54. The lowest BCUT2D eigenvalue weighted by Crippen LogP contribution is -2.47. The van der Waals surface area contributed by atoms with E-state index in [1.807, 2.05) is 6.07 Å². The van der Waals surface area contributed by atoms with Crippen LogP contribution < -0.4 is 4.90 Å². The van der Waals surface area contributed by atoms with Crippen molar-refractivity contribution >= 4 is 39.0 Å². The van der Waals surface area contributed by atoms with Gasteiger partial charge in [0.1, 0.15) is 11.2 Å². The van der Waals surface area contributed by atoms with Crippen LogP contribution in [0.2, 0.25) is 0 Å². The number of para-hydroxylation sites is 2. The predicted octanol–water partition coefficient (Wildman–Crippen LogP) is 17.2. The molecule has 2 heteroatoms. The smallest absolute Gasteiger partial charge is 0.136 e.